The molecule has 6 aromatic carbocycles. The van der Waals surface area contributed by atoms with E-state index in [2.05, 4.69) is 144 Å². The molecule has 0 spiro atoms. The molecule has 34 heavy (non-hydrogen) atoms. The SMILES string of the molecule is Cc1ccc(-c2ccc3c(-c4ccccc4)c4cc(Br)ccc4c(-c4ccccc4)c3c2)cc1. The second kappa shape index (κ2) is 8.59. The fourth-order valence-corrected chi connectivity index (χ4v) is 5.32. The molecule has 0 unspecified atom stereocenters. The third-order valence-electron chi connectivity index (χ3n) is 6.59. The van der Waals surface area contributed by atoms with Crippen LogP contribution in [-0.2, 0) is 0 Å². The van der Waals surface area contributed by atoms with Crippen molar-refractivity contribution in [2.75, 3.05) is 0 Å². The van der Waals surface area contributed by atoms with Crippen molar-refractivity contribution in [2.45, 2.75) is 6.92 Å². The highest BCUT2D eigenvalue weighted by Crippen LogP contribution is 2.45. The molecular formula is C33H23Br. The van der Waals surface area contributed by atoms with Crippen molar-refractivity contribution < 1.29 is 0 Å². The molecule has 6 rings (SSSR count). The molecule has 162 valence electrons. The monoisotopic (exact) mass is 498 g/mol. The molecule has 0 aliphatic carbocycles. The highest BCUT2D eigenvalue weighted by Gasteiger charge is 2.17. The van der Waals surface area contributed by atoms with Crippen LogP contribution in [0.25, 0.3) is 54.9 Å². The standard InChI is InChI=1S/C33H23Br/c1-22-12-14-23(15-13-22)26-16-18-28-30(20-26)32(24-8-4-2-5-9-24)29-19-17-27(34)21-31(29)33(28)25-10-6-3-7-11-25/h2-21H,1H3. The molecule has 6 aromatic rings. The Kier molecular flexibility index (Phi) is 5.28. The molecule has 0 heterocycles. The summed E-state index contributed by atoms with van der Waals surface area (Å²) >= 11 is 3.73. The van der Waals surface area contributed by atoms with E-state index in [0.717, 1.165) is 4.47 Å². The minimum absolute atomic E-state index is 1.09. The fraction of sp³-hybridized carbons (Fsp3) is 0.0303. The molecule has 0 atom stereocenters. The average molecular weight is 499 g/mol. The van der Waals surface area contributed by atoms with Gasteiger partial charge in [0.1, 0.15) is 0 Å². The van der Waals surface area contributed by atoms with Crippen molar-refractivity contribution in [1.82, 2.24) is 0 Å². The first-order valence-corrected chi connectivity index (χ1v) is 12.4. The van der Waals surface area contributed by atoms with Crippen LogP contribution in [-0.4, -0.2) is 0 Å². The lowest BCUT2D eigenvalue weighted by molar-refractivity contribution is 1.47. The molecule has 0 aromatic heterocycles. The van der Waals surface area contributed by atoms with Gasteiger partial charge in [-0.2, -0.15) is 0 Å². The lowest BCUT2D eigenvalue weighted by atomic mass is 9.85. The van der Waals surface area contributed by atoms with Crippen LogP contribution in [0.5, 0.6) is 0 Å². The Morgan fingerprint density at radius 2 is 0.912 bits per heavy atom. The van der Waals surface area contributed by atoms with Gasteiger partial charge >= 0.3 is 0 Å². The van der Waals surface area contributed by atoms with E-state index in [4.69, 9.17) is 0 Å². The molecular weight excluding hydrogens is 476 g/mol. The molecule has 0 N–H and O–H groups in total. The first-order chi connectivity index (χ1) is 16.7. The smallest absolute Gasteiger partial charge is 0.0181 e. The van der Waals surface area contributed by atoms with Gasteiger partial charge in [-0.05, 0) is 80.0 Å². The maximum atomic E-state index is 3.73. The van der Waals surface area contributed by atoms with Gasteiger partial charge in [0.2, 0.25) is 0 Å². The average Bonchev–Trinajstić information content (AvgIpc) is 2.88. The van der Waals surface area contributed by atoms with Crippen LogP contribution in [0.1, 0.15) is 5.56 Å². The first-order valence-electron chi connectivity index (χ1n) is 11.6. The summed E-state index contributed by atoms with van der Waals surface area (Å²) in [7, 11) is 0. The van der Waals surface area contributed by atoms with Crippen LogP contribution in [0.4, 0.5) is 0 Å². The Hall–Kier alpha value is -3.68. The van der Waals surface area contributed by atoms with E-state index >= 15 is 0 Å². The molecule has 0 aliphatic heterocycles. The Balaban J connectivity index is 1.79. The van der Waals surface area contributed by atoms with Gasteiger partial charge in [0.05, 0.1) is 0 Å². The largest absolute Gasteiger partial charge is 0.0622 e. The molecule has 0 amide bonds. The van der Waals surface area contributed by atoms with Gasteiger partial charge in [0, 0.05) is 4.47 Å². The summed E-state index contributed by atoms with van der Waals surface area (Å²) in [6, 6.07) is 43.9. The molecule has 0 fully saturated rings. The molecule has 0 aliphatic rings. The second-order valence-electron chi connectivity index (χ2n) is 8.80. The minimum atomic E-state index is 1.09. The summed E-state index contributed by atoms with van der Waals surface area (Å²) in [6.07, 6.45) is 0. The number of rotatable bonds is 3. The van der Waals surface area contributed by atoms with Gasteiger partial charge in [0.15, 0.2) is 0 Å². The van der Waals surface area contributed by atoms with Crippen molar-refractivity contribution in [3.8, 4) is 33.4 Å². The van der Waals surface area contributed by atoms with Crippen LogP contribution in [0.2, 0.25) is 0 Å². The van der Waals surface area contributed by atoms with Gasteiger partial charge in [0.25, 0.3) is 0 Å². The van der Waals surface area contributed by atoms with Crippen LogP contribution >= 0.6 is 15.9 Å². The predicted octanol–water partition coefficient (Wildman–Crippen LogP) is 10.1. The van der Waals surface area contributed by atoms with Crippen LogP contribution in [0.3, 0.4) is 0 Å². The van der Waals surface area contributed by atoms with Gasteiger partial charge in [-0.3, -0.25) is 0 Å². The molecule has 0 bridgehead atoms. The lowest BCUT2D eigenvalue weighted by Gasteiger charge is -2.19. The van der Waals surface area contributed by atoms with E-state index < -0.39 is 0 Å². The van der Waals surface area contributed by atoms with Crippen molar-refractivity contribution in [1.29, 1.82) is 0 Å². The highest BCUT2D eigenvalue weighted by molar-refractivity contribution is 9.10. The topological polar surface area (TPSA) is 0 Å². The molecule has 0 nitrogen and oxygen atoms in total. The van der Waals surface area contributed by atoms with Crippen LogP contribution < -0.4 is 0 Å². The summed E-state index contributed by atoms with van der Waals surface area (Å²) in [6.45, 7) is 2.13. The minimum Gasteiger partial charge on any atom is -0.0622 e. The van der Waals surface area contributed by atoms with Crippen LogP contribution in [0.15, 0.2) is 126 Å². The number of aryl methyl sites for hydroxylation is 1. The van der Waals surface area contributed by atoms with Gasteiger partial charge in [-0.1, -0.05) is 125 Å². The third kappa shape index (κ3) is 3.63. The normalized spacial score (nSPS) is 11.2. The number of benzene rings is 6. The van der Waals surface area contributed by atoms with Crippen LogP contribution in [0, 0.1) is 6.92 Å². The zero-order valence-corrected chi connectivity index (χ0v) is 20.5. The lowest BCUT2D eigenvalue weighted by Crippen LogP contribution is -1.92. The number of halogens is 1. The van der Waals surface area contributed by atoms with Gasteiger partial charge in [-0.15, -0.1) is 0 Å². The fourth-order valence-electron chi connectivity index (χ4n) is 4.96. The summed E-state index contributed by atoms with van der Waals surface area (Å²) in [5.41, 5.74) is 8.79. The van der Waals surface area contributed by atoms with Crippen molar-refractivity contribution in [2.24, 2.45) is 0 Å². The van der Waals surface area contributed by atoms with E-state index in [9.17, 15) is 0 Å². The second-order valence-corrected chi connectivity index (χ2v) is 9.71. The Bertz CT molecular complexity index is 1630. The zero-order valence-electron chi connectivity index (χ0n) is 18.9. The summed E-state index contributed by atoms with van der Waals surface area (Å²) < 4.78 is 1.09. The number of fused-ring (bicyclic) bond motifs is 2. The van der Waals surface area contributed by atoms with Gasteiger partial charge < -0.3 is 0 Å². The van der Waals surface area contributed by atoms with E-state index in [1.165, 1.54) is 60.5 Å². The summed E-state index contributed by atoms with van der Waals surface area (Å²) in [5, 5.41) is 5.07. The zero-order chi connectivity index (χ0) is 23.1. The van der Waals surface area contributed by atoms with Crippen molar-refractivity contribution in [3.05, 3.63) is 131 Å². The maximum absolute atomic E-state index is 3.73. The summed E-state index contributed by atoms with van der Waals surface area (Å²) in [5.74, 6) is 0. The molecule has 1 heteroatoms. The highest BCUT2D eigenvalue weighted by atomic mass is 79.9. The Morgan fingerprint density at radius 1 is 0.412 bits per heavy atom. The quantitative estimate of drug-likeness (QED) is 0.213. The first kappa shape index (κ1) is 20.9. The summed E-state index contributed by atoms with van der Waals surface area (Å²) in [4.78, 5) is 0. The molecule has 0 saturated heterocycles. The van der Waals surface area contributed by atoms with E-state index in [0.29, 0.717) is 0 Å². The van der Waals surface area contributed by atoms with Gasteiger partial charge in [-0.25, -0.2) is 0 Å². The van der Waals surface area contributed by atoms with E-state index in [1.807, 2.05) is 0 Å². The number of hydrogen-bond acceptors (Lipinski definition) is 0. The molecule has 0 saturated carbocycles. The van der Waals surface area contributed by atoms with E-state index in [1.54, 1.807) is 0 Å². The number of hydrogen-bond donors (Lipinski definition) is 0. The predicted molar refractivity (Wildman–Crippen MR) is 150 cm³/mol. The third-order valence-corrected chi connectivity index (χ3v) is 7.08. The Labute approximate surface area is 208 Å². The maximum Gasteiger partial charge on any atom is 0.0181 e. The van der Waals surface area contributed by atoms with Crippen molar-refractivity contribution >= 4 is 37.5 Å². The molecule has 0 radical (unpaired) electrons. The van der Waals surface area contributed by atoms with Crippen molar-refractivity contribution in [3.63, 3.8) is 0 Å². The Morgan fingerprint density at radius 3 is 1.50 bits per heavy atom. The van der Waals surface area contributed by atoms with E-state index in [-0.39, 0.29) is 0 Å².